The van der Waals surface area contributed by atoms with Gasteiger partial charge in [-0.05, 0) is 24.3 Å². The zero-order valence-corrected chi connectivity index (χ0v) is 16.6. The van der Waals surface area contributed by atoms with Crippen LogP contribution in [0.25, 0.3) is 0 Å². The predicted molar refractivity (Wildman–Crippen MR) is 103 cm³/mol. The summed E-state index contributed by atoms with van der Waals surface area (Å²) >= 11 is 5.88. The lowest BCUT2D eigenvalue weighted by Crippen LogP contribution is -2.52. The van der Waals surface area contributed by atoms with Crippen molar-refractivity contribution in [1.82, 2.24) is 9.62 Å². The molecule has 1 amide bonds. The molecular weight excluding hydrogens is 424 g/mol. The number of rotatable bonds is 3. The molecule has 2 aliphatic rings. The van der Waals surface area contributed by atoms with E-state index < -0.39 is 32.2 Å². The van der Waals surface area contributed by atoms with Crippen molar-refractivity contribution < 1.29 is 22.0 Å². The number of carbonyl (C=O) groups excluding carboxylic acids is 1. The fourth-order valence-corrected chi connectivity index (χ4v) is 5.14. The number of benzene rings is 2. The number of halogens is 3. The summed E-state index contributed by atoms with van der Waals surface area (Å²) < 4.78 is 53.7. The monoisotopic (exact) mass is 439 g/mol. The Balaban J connectivity index is 1.54. The third kappa shape index (κ3) is 3.65. The topological polar surface area (TPSA) is 78.8 Å². The second kappa shape index (κ2) is 7.16. The van der Waals surface area contributed by atoms with Gasteiger partial charge in [0.05, 0.1) is 0 Å². The first kappa shape index (κ1) is 19.9. The van der Waals surface area contributed by atoms with Crippen LogP contribution in [0.3, 0.4) is 0 Å². The number of piperidine rings is 1. The maximum Gasteiger partial charge on any atom is 0.272 e. The van der Waals surface area contributed by atoms with Crippen molar-refractivity contribution in [3.8, 4) is 0 Å². The first-order valence-electron chi connectivity index (χ1n) is 8.84. The van der Waals surface area contributed by atoms with Crippen molar-refractivity contribution in [2.75, 3.05) is 13.1 Å². The molecule has 0 aromatic heterocycles. The quantitative estimate of drug-likeness (QED) is 0.798. The molecule has 2 heterocycles. The Kier molecular flexibility index (Phi) is 4.92. The van der Waals surface area contributed by atoms with Gasteiger partial charge in [0, 0.05) is 42.6 Å². The smallest absolute Gasteiger partial charge is 0.272 e. The molecule has 10 heteroatoms. The van der Waals surface area contributed by atoms with Gasteiger partial charge in [0.2, 0.25) is 10.0 Å². The van der Waals surface area contributed by atoms with Crippen molar-refractivity contribution in [2.45, 2.75) is 23.4 Å². The van der Waals surface area contributed by atoms with Crippen LogP contribution in [0.2, 0.25) is 5.02 Å². The molecule has 0 unspecified atom stereocenters. The SMILES string of the molecule is O=C1NC2(CCN(S(=O)(=O)c3ccc(F)cc3F)CC2)N=C1c1ccc(Cl)cc1. The number of hydrogen-bond acceptors (Lipinski definition) is 4. The van der Waals surface area contributed by atoms with Gasteiger partial charge in [-0.15, -0.1) is 0 Å². The van der Waals surface area contributed by atoms with Crippen molar-refractivity contribution >= 4 is 33.2 Å². The van der Waals surface area contributed by atoms with Crippen molar-refractivity contribution in [3.05, 3.63) is 64.7 Å². The number of hydrogen-bond donors (Lipinski definition) is 1. The molecule has 0 radical (unpaired) electrons. The minimum atomic E-state index is -4.12. The molecule has 1 spiro atoms. The van der Waals surface area contributed by atoms with E-state index in [-0.39, 0.29) is 37.6 Å². The lowest BCUT2D eigenvalue weighted by atomic mass is 10.00. The molecule has 4 rings (SSSR count). The maximum absolute atomic E-state index is 14.0. The average molecular weight is 440 g/mol. The van der Waals surface area contributed by atoms with Gasteiger partial charge in [-0.2, -0.15) is 4.31 Å². The summed E-state index contributed by atoms with van der Waals surface area (Å²) in [6.45, 7) is 0.0770. The van der Waals surface area contributed by atoms with Gasteiger partial charge < -0.3 is 5.32 Å². The molecule has 0 atom stereocenters. The number of nitrogens with one attached hydrogen (secondary N) is 1. The second-order valence-corrected chi connectivity index (χ2v) is 9.27. The first-order chi connectivity index (χ1) is 13.7. The molecule has 29 heavy (non-hydrogen) atoms. The largest absolute Gasteiger partial charge is 0.326 e. The van der Waals surface area contributed by atoms with Crippen LogP contribution in [0.4, 0.5) is 8.78 Å². The van der Waals surface area contributed by atoms with Crippen LogP contribution >= 0.6 is 11.6 Å². The third-order valence-corrected chi connectivity index (χ3v) is 7.25. The number of nitrogens with zero attached hydrogens (tertiary/aromatic N) is 2. The fourth-order valence-electron chi connectivity index (χ4n) is 3.52. The Hall–Kier alpha value is -2.36. The molecule has 0 saturated carbocycles. The minimum absolute atomic E-state index is 0.0385. The Labute approximate surface area is 171 Å². The van der Waals surface area contributed by atoms with Crippen LogP contribution in [0, 0.1) is 11.6 Å². The zero-order chi connectivity index (χ0) is 20.8. The summed E-state index contributed by atoms with van der Waals surface area (Å²) in [6, 6.07) is 9.06. The molecule has 1 saturated heterocycles. The van der Waals surface area contributed by atoms with Crippen molar-refractivity contribution in [2.24, 2.45) is 4.99 Å². The van der Waals surface area contributed by atoms with Gasteiger partial charge in [-0.1, -0.05) is 23.7 Å². The molecule has 152 valence electrons. The molecule has 6 nitrogen and oxygen atoms in total. The summed E-state index contributed by atoms with van der Waals surface area (Å²) in [4.78, 5) is 16.4. The number of sulfonamides is 1. The second-order valence-electron chi connectivity index (χ2n) is 6.93. The minimum Gasteiger partial charge on any atom is -0.326 e. The van der Waals surface area contributed by atoms with Crippen LogP contribution in [0.5, 0.6) is 0 Å². The first-order valence-corrected chi connectivity index (χ1v) is 10.7. The normalized spacial score (nSPS) is 19.3. The molecule has 2 aliphatic heterocycles. The van der Waals surface area contributed by atoms with Crippen LogP contribution in [-0.2, 0) is 14.8 Å². The Morgan fingerprint density at radius 2 is 1.72 bits per heavy atom. The van der Waals surface area contributed by atoms with E-state index >= 15 is 0 Å². The standard InChI is InChI=1S/C19H16ClF2N3O3S/c20-13-3-1-12(2-4-13)17-18(26)24-19(23-17)7-9-25(10-8-19)29(27,28)16-6-5-14(21)11-15(16)22/h1-6,11H,7-10H2,(H,24,26). The zero-order valence-electron chi connectivity index (χ0n) is 15.0. The van der Waals surface area contributed by atoms with E-state index in [2.05, 4.69) is 10.3 Å². The highest BCUT2D eigenvalue weighted by molar-refractivity contribution is 7.89. The van der Waals surface area contributed by atoms with E-state index in [1.807, 2.05) is 0 Å². The fraction of sp³-hybridized carbons (Fsp3) is 0.263. The molecule has 0 aliphatic carbocycles. The van der Waals surface area contributed by atoms with Crippen LogP contribution in [0.15, 0.2) is 52.4 Å². The number of aliphatic imine (C=N–C) groups is 1. The van der Waals surface area contributed by atoms with E-state index in [1.165, 1.54) is 0 Å². The Bertz CT molecular complexity index is 1110. The molecule has 2 aromatic rings. The van der Waals surface area contributed by atoms with Gasteiger partial charge in [-0.3, -0.25) is 9.79 Å². The van der Waals surface area contributed by atoms with Gasteiger partial charge >= 0.3 is 0 Å². The van der Waals surface area contributed by atoms with Gasteiger partial charge in [-0.25, -0.2) is 17.2 Å². The molecule has 2 aromatic carbocycles. The third-order valence-electron chi connectivity index (χ3n) is 5.07. The summed E-state index contributed by atoms with van der Waals surface area (Å²) in [6.07, 6.45) is 0.468. The Morgan fingerprint density at radius 1 is 1.07 bits per heavy atom. The van der Waals surface area contributed by atoms with Crippen molar-refractivity contribution in [3.63, 3.8) is 0 Å². The molecular formula is C19H16ClF2N3O3S. The van der Waals surface area contributed by atoms with Gasteiger partial charge in [0.25, 0.3) is 5.91 Å². The van der Waals surface area contributed by atoms with E-state index in [0.29, 0.717) is 16.7 Å². The van der Waals surface area contributed by atoms with E-state index in [9.17, 15) is 22.0 Å². The average Bonchev–Trinajstić information content (AvgIpc) is 2.98. The lowest BCUT2D eigenvalue weighted by molar-refractivity contribution is -0.115. The van der Waals surface area contributed by atoms with Gasteiger partial charge in [0.1, 0.15) is 27.9 Å². The lowest BCUT2D eigenvalue weighted by Gasteiger charge is -2.36. The molecule has 0 bridgehead atoms. The summed E-state index contributed by atoms with van der Waals surface area (Å²) in [5.74, 6) is -2.33. The van der Waals surface area contributed by atoms with Crippen LogP contribution in [0.1, 0.15) is 18.4 Å². The summed E-state index contributed by atoms with van der Waals surface area (Å²) in [5.41, 5.74) is -0.0193. The number of amides is 1. The van der Waals surface area contributed by atoms with Crippen molar-refractivity contribution in [1.29, 1.82) is 0 Å². The molecule has 1 N–H and O–H groups in total. The van der Waals surface area contributed by atoms with Gasteiger partial charge in [0.15, 0.2) is 0 Å². The maximum atomic E-state index is 14.0. The van der Waals surface area contributed by atoms with Crippen LogP contribution < -0.4 is 5.32 Å². The summed E-state index contributed by atoms with van der Waals surface area (Å²) in [5, 5.41) is 3.38. The highest BCUT2D eigenvalue weighted by Crippen LogP contribution is 2.32. The van der Waals surface area contributed by atoms with Crippen LogP contribution in [-0.4, -0.2) is 43.1 Å². The molecule has 1 fully saturated rings. The number of carbonyl (C=O) groups is 1. The highest BCUT2D eigenvalue weighted by atomic mass is 35.5. The Morgan fingerprint density at radius 3 is 2.34 bits per heavy atom. The van der Waals surface area contributed by atoms with E-state index in [1.54, 1.807) is 24.3 Å². The predicted octanol–water partition coefficient (Wildman–Crippen LogP) is 2.72. The van der Waals surface area contributed by atoms with E-state index in [0.717, 1.165) is 16.4 Å². The highest BCUT2D eigenvalue weighted by Gasteiger charge is 2.44. The summed E-state index contributed by atoms with van der Waals surface area (Å²) in [7, 11) is -4.12. The van der Waals surface area contributed by atoms with E-state index in [4.69, 9.17) is 11.6 Å².